The van der Waals surface area contributed by atoms with Crippen LogP contribution in [-0.2, 0) is 0 Å². The van der Waals surface area contributed by atoms with Crippen molar-refractivity contribution in [3.63, 3.8) is 0 Å². The minimum atomic E-state index is -2.85. The Labute approximate surface area is 90.8 Å². The van der Waals surface area contributed by atoms with Crippen LogP contribution in [0.25, 0.3) is 0 Å². The first kappa shape index (κ1) is 12.1. The lowest BCUT2D eigenvalue weighted by atomic mass is 9.48. The van der Waals surface area contributed by atoms with E-state index in [9.17, 15) is 22.7 Å². The van der Waals surface area contributed by atoms with Crippen LogP contribution in [-0.4, -0.2) is 35.5 Å². The summed E-state index contributed by atoms with van der Waals surface area (Å²) < 4.78 is 50.6. The van der Waals surface area contributed by atoms with Gasteiger partial charge in [0.1, 0.15) is 0 Å². The lowest BCUT2D eigenvalue weighted by Gasteiger charge is -2.63. The van der Waals surface area contributed by atoms with Crippen LogP contribution in [0.3, 0.4) is 0 Å². The molecule has 2 saturated carbocycles. The van der Waals surface area contributed by atoms with E-state index in [1.165, 1.54) is 0 Å². The van der Waals surface area contributed by atoms with E-state index in [2.05, 4.69) is 0 Å². The molecule has 0 amide bonds. The topological polar surface area (TPSA) is 46.2 Å². The molecule has 94 valence electrons. The van der Waals surface area contributed by atoms with Crippen LogP contribution >= 0.6 is 0 Å². The first-order chi connectivity index (χ1) is 7.20. The molecule has 2 fully saturated rings. The molecule has 0 bridgehead atoms. The fourth-order valence-corrected chi connectivity index (χ4v) is 2.97. The Kier molecular flexibility index (Phi) is 2.35. The van der Waals surface area contributed by atoms with Crippen molar-refractivity contribution in [1.82, 2.24) is 0 Å². The summed E-state index contributed by atoms with van der Waals surface area (Å²) in [5.41, 5.74) is 1.55. The Morgan fingerprint density at radius 3 is 1.75 bits per heavy atom. The first-order valence-electron chi connectivity index (χ1n) is 5.21. The van der Waals surface area contributed by atoms with Crippen molar-refractivity contribution in [2.24, 2.45) is 11.1 Å². The van der Waals surface area contributed by atoms with Crippen LogP contribution in [0.2, 0.25) is 0 Å². The highest BCUT2D eigenvalue weighted by Crippen LogP contribution is 2.61. The number of alkyl halides is 4. The zero-order valence-corrected chi connectivity index (χ0v) is 8.78. The molecule has 16 heavy (non-hydrogen) atoms. The van der Waals surface area contributed by atoms with Gasteiger partial charge in [-0.3, -0.25) is 8.78 Å². The van der Waals surface area contributed by atoms with Gasteiger partial charge in [-0.25, -0.2) is 8.78 Å². The SMILES string of the molecule is NC1(C2(O)CC(CF)(CF)C2)CC(F)(F)C1. The number of aliphatic hydroxyl groups is 1. The van der Waals surface area contributed by atoms with E-state index in [-0.39, 0.29) is 12.8 Å². The summed E-state index contributed by atoms with van der Waals surface area (Å²) in [4.78, 5) is 0. The smallest absolute Gasteiger partial charge is 0.251 e. The average molecular weight is 241 g/mol. The number of hydrogen-bond donors (Lipinski definition) is 2. The van der Waals surface area contributed by atoms with Gasteiger partial charge in [0.2, 0.25) is 0 Å². The second-order valence-corrected chi connectivity index (χ2v) is 5.52. The summed E-state index contributed by atoms with van der Waals surface area (Å²) in [6.45, 7) is -1.78. The van der Waals surface area contributed by atoms with Gasteiger partial charge in [0.05, 0.1) is 24.5 Å². The molecular weight excluding hydrogens is 226 g/mol. The zero-order valence-electron chi connectivity index (χ0n) is 8.78. The summed E-state index contributed by atoms with van der Waals surface area (Å²) in [5.74, 6) is -2.85. The van der Waals surface area contributed by atoms with Gasteiger partial charge in [0.15, 0.2) is 0 Å². The highest BCUT2D eigenvalue weighted by Gasteiger charge is 2.70. The summed E-state index contributed by atoms with van der Waals surface area (Å²) in [6, 6.07) is 0. The molecule has 3 N–H and O–H groups in total. The molecule has 0 aromatic carbocycles. The lowest BCUT2D eigenvalue weighted by Crippen LogP contribution is -2.77. The third-order valence-electron chi connectivity index (χ3n) is 3.98. The molecule has 2 aliphatic rings. The number of nitrogens with two attached hydrogens (primary N) is 1. The predicted molar refractivity (Wildman–Crippen MR) is 49.7 cm³/mol. The molecule has 2 nitrogen and oxygen atoms in total. The Morgan fingerprint density at radius 1 is 1.00 bits per heavy atom. The van der Waals surface area contributed by atoms with Gasteiger partial charge < -0.3 is 10.8 Å². The standard InChI is InChI=1S/C10H15F4NO/c11-5-7(6-12)1-9(16,2-7)8(15)3-10(13,14)4-8/h16H,1-6,15H2. The van der Waals surface area contributed by atoms with Gasteiger partial charge in [0.25, 0.3) is 5.92 Å². The van der Waals surface area contributed by atoms with E-state index < -0.39 is 48.7 Å². The maximum Gasteiger partial charge on any atom is 0.251 e. The molecule has 0 saturated heterocycles. The second-order valence-electron chi connectivity index (χ2n) is 5.52. The van der Waals surface area contributed by atoms with Gasteiger partial charge in [0, 0.05) is 18.3 Å². The molecule has 0 aromatic heterocycles. The predicted octanol–water partition coefficient (Wildman–Crippen LogP) is 1.56. The Morgan fingerprint density at radius 2 is 1.44 bits per heavy atom. The van der Waals surface area contributed by atoms with Crippen LogP contribution in [0.1, 0.15) is 25.7 Å². The summed E-state index contributed by atoms with van der Waals surface area (Å²) in [5, 5.41) is 10.0. The summed E-state index contributed by atoms with van der Waals surface area (Å²) in [7, 11) is 0. The molecule has 0 aliphatic heterocycles. The van der Waals surface area contributed by atoms with Gasteiger partial charge in [-0.15, -0.1) is 0 Å². The highest BCUT2D eigenvalue weighted by molar-refractivity contribution is 5.22. The molecule has 0 spiro atoms. The molecular formula is C10H15F4NO. The van der Waals surface area contributed by atoms with Crippen molar-refractivity contribution < 1.29 is 22.7 Å². The van der Waals surface area contributed by atoms with Crippen molar-refractivity contribution in [3.05, 3.63) is 0 Å². The quantitative estimate of drug-likeness (QED) is 0.737. The Balaban J connectivity index is 2.03. The van der Waals surface area contributed by atoms with Crippen molar-refractivity contribution in [3.8, 4) is 0 Å². The van der Waals surface area contributed by atoms with E-state index in [0.717, 1.165) is 0 Å². The fraction of sp³-hybridized carbons (Fsp3) is 1.00. The molecule has 2 aliphatic carbocycles. The minimum absolute atomic E-state index is 0.167. The van der Waals surface area contributed by atoms with Crippen molar-refractivity contribution >= 4 is 0 Å². The molecule has 0 unspecified atom stereocenters. The molecule has 0 heterocycles. The van der Waals surface area contributed by atoms with Gasteiger partial charge in [-0.2, -0.15) is 0 Å². The molecule has 0 radical (unpaired) electrons. The third kappa shape index (κ3) is 1.46. The van der Waals surface area contributed by atoms with Crippen LogP contribution < -0.4 is 5.73 Å². The van der Waals surface area contributed by atoms with E-state index >= 15 is 0 Å². The maximum absolute atomic E-state index is 12.7. The molecule has 2 rings (SSSR count). The van der Waals surface area contributed by atoms with Crippen LogP contribution in [0.4, 0.5) is 17.6 Å². The lowest BCUT2D eigenvalue weighted by molar-refractivity contribution is -0.251. The van der Waals surface area contributed by atoms with Crippen LogP contribution in [0.5, 0.6) is 0 Å². The van der Waals surface area contributed by atoms with Crippen molar-refractivity contribution in [2.75, 3.05) is 13.3 Å². The van der Waals surface area contributed by atoms with Gasteiger partial charge >= 0.3 is 0 Å². The van der Waals surface area contributed by atoms with Crippen LogP contribution in [0, 0.1) is 5.41 Å². The third-order valence-corrected chi connectivity index (χ3v) is 3.98. The monoisotopic (exact) mass is 241 g/mol. The van der Waals surface area contributed by atoms with E-state index in [1.807, 2.05) is 0 Å². The number of hydrogen-bond acceptors (Lipinski definition) is 2. The number of rotatable bonds is 3. The Bertz CT molecular complexity index is 287. The molecule has 6 heteroatoms. The molecule has 0 aromatic rings. The first-order valence-corrected chi connectivity index (χ1v) is 5.21. The largest absolute Gasteiger partial charge is 0.388 e. The normalized spacial score (nSPS) is 32.6. The van der Waals surface area contributed by atoms with Crippen molar-refractivity contribution in [1.29, 1.82) is 0 Å². The summed E-state index contributed by atoms with van der Waals surface area (Å²) >= 11 is 0. The minimum Gasteiger partial charge on any atom is -0.388 e. The van der Waals surface area contributed by atoms with Gasteiger partial charge in [-0.05, 0) is 12.8 Å². The van der Waals surface area contributed by atoms with Gasteiger partial charge in [-0.1, -0.05) is 0 Å². The van der Waals surface area contributed by atoms with E-state index in [0.29, 0.717) is 0 Å². The zero-order chi connectivity index (χ0) is 12.2. The fourth-order valence-electron chi connectivity index (χ4n) is 2.97. The summed E-state index contributed by atoms with van der Waals surface area (Å²) in [6.07, 6.45) is -1.55. The molecule has 0 atom stereocenters. The maximum atomic E-state index is 12.7. The highest BCUT2D eigenvalue weighted by atomic mass is 19.3. The average Bonchev–Trinajstić information content (AvgIpc) is 2.09. The van der Waals surface area contributed by atoms with E-state index in [1.54, 1.807) is 0 Å². The van der Waals surface area contributed by atoms with Crippen LogP contribution in [0.15, 0.2) is 0 Å². The number of halogens is 4. The van der Waals surface area contributed by atoms with E-state index in [4.69, 9.17) is 5.73 Å². The Hall–Kier alpha value is -0.360. The second kappa shape index (κ2) is 3.10. The van der Waals surface area contributed by atoms with Crippen molar-refractivity contribution in [2.45, 2.75) is 42.7 Å².